The van der Waals surface area contributed by atoms with Gasteiger partial charge in [-0.05, 0) is 57.9 Å². The van der Waals surface area contributed by atoms with Crippen molar-refractivity contribution in [3.63, 3.8) is 0 Å². The molecule has 0 unspecified atom stereocenters. The van der Waals surface area contributed by atoms with Crippen LogP contribution in [-0.2, 0) is 6.42 Å². The fraction of sp³-hybridized carbons (Fsp3) is 0.0714. The first-order chi connectivity index (χ1) is 8.97. The summed E-state index contributed by atoms with van der Waals surface area (Å²) in [7, 11) is 0. The molecular formula is C14H8BrCl2FO. The van der Waals surface area contributed by atoms with Crippen LogP contribution in [0.25, 0.3) is 0 Å². The number of hydrogen-bond acceptors (Lipinski definition) is 1. The fourth-order valence-electron chi connectivity index (χ4n) is 1.66. The Hall–Kier alpha value is -0.900. The summed E-state index contributed by atoms with van der Waals surface area (Å²) >= 11 is 14.9. The molecule has 0 amide bonds. The Balaban J connectivity index is 2.28. The molecule has 0 atom stereocenters. The molecule has 0 aliphatic carbocycles. The van der Waals surface area contributed by atoms with Crippen LogP contribution in [0.4, 0.5) is 4.39 Å². The Labute approximate surface area is 128 Å². The summed E-state index contributed by atoms with van der Waals surface area (Å²) < 4.78 is 14.2. The van der Waals surface area contributed by atoms with E-state index in [4.69, 9.17) is 23.2 Å². The molecular weight excluding hydrogens is 354 g/mol. The monoisotopic (exact) mass is 360 g/mol. The van der Waals surface area contributed by atoms with Crippen molar-refractivity contribution in [3.05, 3.63) is 67.9 Å². The van der Waals surface area contributed by atoms with E-state index in [0.717, 1.165) is 0 Å². The number of carbonyl (C=O) groups is 1. The van der Waals surface area contributed by atoms with Gasteiger partial charge in [0.15, 0.2) is 5.78 Å². The molecule has 1 nitrogen and oxygen atoms in total. The lowest BCUT2D eigenvalue weighted by molar-refractivity contribution is 0.0991. The van der Waals surface area contributed by atoms with Gasteiger partial charge in [-0.1, -0.05) is 23.2 Å². The predicted octanol–water partition coefficient (Wildman–Crippen LogP) is 5.32. The van der Waals surface area contributed by atoms with Gasteiger partial charge in [-0.3, -0.25) is 4.79 Å². The van der Waals surface area contributed by atoms with E-state index in [-0.39, 0.29) is 17.8 Å². The quantitative estimate of drug-likeness (QED) is 0.676. The van der Waals surface area contributed by atoms with Crippen molar-refractivity contribution < 1.29 is 9.18 Å². The number of Topliss-reactive ketones (excluding diaryl/α,β-unsaturated/α-hetero) is 1. The summed E-state index contributed by atoms with van der Waals surface area (Å²) in [5.41, 5.74) is 0.739. The Morgan fingerprint density at radius 1 is 1.11 bits per heavy atom. The number of carbonyl (C=O) groups excluding carboxylic acids is 1. The molecule has 0 aliphatic rings. The number of hydrogen-bond donors (Lipinski definition) is 0. The number of halogens is 4. The maximum atomic E-state index is 13.6. The average Bonchev–Trinajstić information content (AvgIpc) is 2.33. The Bertz CT molecular complexity index is 643. The van der Waals surface area contributed by atoms with Gasteiger partial charge in [0.25, 0.3) is 0 Å². The van der Waals surface area contributed by atoms with Crippen molar-refractivity contribution in [1.29, 1.82) is 0 Å². The van der Waals surface area contributed by atoms with Gasteiger partial charge in [0.1, 0.15) is 5.82 Å². The SMILES string of the molecule is O=C(Cc1cc(Cl)ccc1F)c1ccc(Cl)cc1Br. The average molecular weight is 362 g/mol. The largest absolute Gasteiger partial charge is 0.294 e. The van der Waals surface area contributed by atoms with Crippen LogP contribution in [0, 0.1) is 5.82 Å². The lowest BCUT2D eigenvalue weighted by atomic mass is 10.0. The molecule has 0 N–H and O–H groups in total. The fourth-order valence-corrected chi connectivity index (χ4v) is 2.76. The minimum absolute atomic E-state index is 0.0490. The van der Waals surface area contributed by atoms with Crippen LogP contribution in [0.3, 0.4) is 0 Å². The summed E-state index contributed by atoms with van der Waals surface area (Å²) in [5.74, 6) is -0.646. The standard InChI is InChI=1S/C14H8BrCl2FO/c15-12-7-10(17)1-3-11(12)14(19)6-8-5-9(16)2-4-13(8)18/h1-5,7H,6H2. The summed E-state index contributed by atoms with van der Waals surface area (Å²) in [4.78, 5) is 12.1. The summed E-state index contributed by atoms with van der Waals surface area (Å²) in [6, 6.07) is 9.01. The van der Waals surface area contributed by atoms with E-state index in [2.05, 4.69) is 15.9 Å². The van der Waals surface area contributed by atoms with Gasteiger partial charge >= 0.3 is 0 Å². The number of rotatable bonds is 3. The molecule has 0 spiro atoms. The first-order valence-corrected chi connectivity index (χ1v) is 6.94. The maximum Gasteiger partial charge on any atom is 0.168 e. The van der Waals surface area contributed by atoms with Crippen LogP contribution in [-0.4, -0.2) is 5.78 Å². The summed E-state index contributed by atoms with van der Waals surface area (Å²) in [6.07, 6.45) is -0.0490. The van der Waals surface area contributed by atoms with Crippen molar-refractivity contribution in [2.24, 2.45) is 0 Å². The van der Waals surface area contributed by atoms with Crippen LogP contribution in [0.5, 0.6) is 0 Å². The molecule has 0 bridgehead atoms. The van der Waals surface area contributed by atoms with Gasteiger partial charge in [-0.15, -0.1) is 0 Å². The Kier molecular flexibility index (Phi) is 4.61. The Morgan fingerprint density at radius 3 is 2.42 bits per heavy atom. The van der Waals surface area contributed by atoms with Gasteiger partial charge in [0.05, 0.1) is 0 Å². The second-order valence-corrected chi connectivity index (χ2v) is 5.69. The third kappa shape index (κ3) is 3.56. The van der Waals surface area contributed by atoms with E-state index in [1.165, 1.54) is 18.2 Å². The molecule has 0 aromatic heterocycles. The predicted molar refractivity (Wildman–Crippen MR) is 78.6 cm³/mol. The van der Waals surface area contributed by atoms with Crippen molar-refractivity contribution in [1.82, 2.24) is 0 Å². The van der Waals surface area contributed by atoms with E-state index < -0.39 is 5.82 Å². The second kappa shape index (κ2) is 6.04. The zero-order valence-electron chi connectivity index (χ0n) is 9.59. The first kappa shape index (κ1) is 14.5. The van der Waals surface area contributed by atoms with Gasteiger partial charge in [0, 0.05) is 26.5 Å². The Morgan fingerprint density at radius 2 is 1.74 bits per heavy atom. The van der Waals surface area contributed by atoms with Gasteiger partial charge < -0.3 is 0 Å². The highest BCUT2D eigenvalue weighted by Gasteiger charge is 2.14. The zero-order valence-corrected chi connectivity index (χ0v) is 12.7. The van der Waals surface area contributed by atoms with E-state index in [1.807, 2.05) is 0 Å². The molecule has 0 saturated heterocycles. The van der Waals surface area contributed by atoms with Gasteiger partial charge in [-0.2, -0.15) is 0 Å². The van der Waals surface area contributed by atoms with E-state index >= 15 is 0 Å². The molecule has 5 heteroatoms. The highest BCUT2D eigenvalue weighted by atomic mass is 79.9. The van der Waals surface area contributed by atoms with Crippen LogP contribution < -0.4 is 0 Å². The molecule has 2 rings (SSSR count). The van der Waals surface area contributed by atoms with Crippen LogP contribution in [0.15, 0.2) is 40.9 Å². The molecule has 2 aromatic carbocycles. The molecule has 0 aliphatic heterocycles. The molecule has 0 saturated carbocycles. The third-order valence-electron chi connectivity index (χ3n) is 2.59. The minimum atomic E-state index is -0.442. The van der Waals surface area contributed by atoms with Crippen molar-refractivity contribution in [2.75, 3.05) is 0 Å². The number of ketones is 1. The molecule has 2 aromatic rings. The van der Waals surface area contributed by atoms with Crippen molar-refractivity contribution in [2.45, 2.75) is 6.42 Å². The number of benzene rings is 2. The molecule has 98 valence electrons. The normalized spacial score (nSPS) is 10.5. The maximum absolute atomic E-state index is 13.6. The lowest BCUT2D eigenvalue weighted by Crippen LogP contribution is -2.06. The van der Waals surface area contributed by atoms with Crippen LogP contribution >= 0.6 is 39.1 Å². The first-order valence-electron chi connectivity index (χ1n) is 5.39. The van der Waals surface area contributed by atoms with E-state index in [9.17, 15) is 9.18 Å². The second-order valence-electron chi connectivity index (χ2n) is 3.96. The van der Waals surface area contributed by atoms with Crippen molar-refractivity contribution in [3.8, 4) is 0 Å². The highest BCUT2D eigenvalue weighted by Crippen LogP contribution is 2.24. The van der Waals surface area contributed by atoms with Crippen molar-refractivity contribution >= 4 is 44.9 Å². The zero-order chi connectivity index (χ0) is 14.0. The van der Waals surface area contributed by atoms with Gasteiger partial charge in [-0.25, -0.2) is 4.39 Å². The minimum Gasteiger partial charge on any atom is -0.294 e. The molecule has 0 radical (unpaired) electrons. The summed E-state index contributed by atoms with van der Waals surface area (Å²) in [5, 5.41) is 0.928. The third-order valence-corrected chi connectivity index (χ3v) is 3.72. The van der Waals surface area contributed by atoms with Gasteiger partial charge in [0.2, 0.25) is 0 Å². The molecule has 0 fully saturated rings. The molecule has 19 heavy (non-hydrogen) atoms. The topological polar surface area (TPSA) is 17.1 Å². The lowest BCUT2D eigenvalue weighted by Gasteiger charge is -2.06. The molecule has 0 heterocycles. The van der Waals surface area contributed by atoms with E-state index in [0.29, 0.717) is 20.1 Å². The van der Waals surface area contributed by atoms with E-state index in [1.54, 1.807) is 18.2 Å². The highest BCUT2D eigenvalue weighted by molar-refractivity contribution is 9.10. The smallest absolute Gasteiger partial charge is 0.168 e. The van der Waals surface area contributed by atoms with Crippen LogP contribution in [0.1, 0.15) is 15.9 Å². The van der Waals surface area contributed by atoms with Crippen LogP contribution in [0.2, 0.25) is 10.0 Å². The summed E-state index contributed by atoms with van der Waals surface area (Å²) in [6.45, 7) is 0.